The molecule has 0 saturated carbocycles. The van der Waals surface area contributed by atoms with Crippen LogP contribution in [0, 0.1) is 0 Å². The normalized spacial score (nSPS) is 10.6. The number of esters is 1. The van der Waals surface area contributed by atoms with E-state index in [0.717, 1.165) is 6.42 Å². The summed E-state index contributed by atoms with van der Waals surface area (Å²) in [6, 6.07) is 18.8. The van der Waals surface area contributed by atoms with Crippen LogP contribution < -0.4 is 19.6 Å². The predicted octanol–water partition coefficient (Wildman–Crippen LogP) is 4.66. The average Bonchev–Trinajstić information content (AvgIpc) is 2.84. The first-order valence-electron chi connectivity index (χ1n) is 10.2. The summed E-state index contributed by atoms with van der Waals surface area (Å²) in [5.41, 5.74) is 4.59. The molecule has 1 amide bonds. The summed E-state index contributed by atoms with van der Waals surface area (Å²) in [5.74, 6) is 0.265. The number of nitrogens with zero attached hydrogens (tertiary/aromatic N) is 1. The number of hydrogen-bond donors (Lipinski definition) is 1. The maximum atomic E-state index is 12.3. The van der Waals surface area contributed by atoms with Crippen LogP contribution in [-0.4, -0.2) is 31.8 Å². The molecule has 1 N–H and O–H groups in total. The molecule has 3 aromatic carbocycles. The number of aryl methyl sites for hydroxylation is 1. The minimum Gasteiger partial charge on any atom is -0.493 e. The summed E-state index contributed by atoms with van der Waals surface area (Å²) in [7, 11) is 1.46. The van der Waals surface area contributed by atoms with Crippen LogP contribution >= 0.6 is 11.6 Å². The zero-order valence-electron chi connectivity index (χ0n) is 18.2. The lowest BCUT2D eigenvalue weighted by Gasteiger charge is -2.10. The molecule has 0 heterocycles. The van der Waals surface area contributed by atoms with E-state index in [9.17, 15) is 9.59 Å². The summed E-state index contributed by atoms with van der Waals surface area (Å²) in [4.78, 5) is 24.3. The van der Waals surface area contributed by atoms with Crippen LogP contribution in [0.4, 0.5) is 0 Å². The minimum absolute atomic E-state index is 0.161. The Kier molecular flexibility index (Phi) is 8.43. The molecule has 0 radical (unpaired) electrons. The van der Waals surface area contributed by atoms with Gasteiger partial charge in [-0.15, -0.1) is 0 Å². The van der Waals surface area contributed by atoms with E-state index in [1.807, 2.05) is 24.3 Å². The van der Waals surface area contributed by atoms with Crippen molar-refractivity contribution in [3.63, 3.8) is 0 Å². The third-order valence-corrected chi connectivity index (χ3v) is 4.83. The van der Waals surface area contributed by atoms with E-state index in [2.05, 4.69) is 17.5 Å². The van der Waals surface area contributed by atoms with Crippen molar-refractivity contribution in [1.82, 2.24) is 5.43 Å². The summed E-state index contributed by atoms with van der Waals surface area (Å²) < 4.78 is 16.2. The van der Waals surface area contributed by atoms with Crippen molar-refractivity contribution in [2.24, 2.45) is 5.10 Å². The molecule has 3 aromatic rings. The predicted molar refractivity (Wildman–Crippen MR) is 126 cm³/mol. The average molecular weight is 467 g/mol. The van der Waals surface area contributed by atoms with Crippen molar-refractivity contribution in [3.05, 3.63) is 88.4 Å². The lowest BCUT2D eigenvalue weighted by Crippen LogP contribution is -2.24. The fourth-order valence-corrected chi connectivity index (χ4v) is 2.90. The van der Waals surface area contributed by atoms with Gasteiger partial charge >= 0.3 is 5.97 Å². The third-order valence-electron chi connectivity index (χ3n) is 4.57. The molecule has 7 nitrogen and oxygen atoms in total. The quantitative estimate of drug-likeness (QED) is 0.214. The highest BCUT2D eigenvalue weighted by Gasteiger charge is 2.13. The number of carbonyl (C=O) groups is 2. The van der Waals surface area contributed by atoms with E-state index in [4.69, 9.17) is 25.8 Å². The van der Waals surface area contributed by atoms with E-state index >= 15 is 0 Å². The summed E-state index contributed by atoms with van der Waals surface area (Å²) in [5, 5.41) is 4.45. The standard InChI is InChI=1S/C25H23ClN2O5/c1-3-17-4-11-21(12-5-17)32-16-24(29)28-27-15-18-6-13-22(23(14-18)31-2)33-25(30)19-7-9-20(26)10-8-19/h4-15H,3,16H2,1-2H3,(H,28,29)/b27-15-. The fraction of sp³-hybridized carbons (Fsp3) is 0.160. The lowest BCUT2D eigenvalue weighted by molar-refractivity contribution is -0.123. The van der Waals surface area contributed by atoms with Gasteiger partial charge in [-0.05, 0) is 72.1 Å². The summed E-state index contributed by atoms with van der Waals surface area (Å²) in [6.07, 6.45) is 2.38. The van der Waals surface area contributed by atoms with Crippen molar-refractivity contribution in [2.45, 2.75) is 13.3 Å². The second-order valence-corrected chi connectivity index (χ2v) is 7.32. The second-order valence-electron chi connectivity index (χ2n) is 6.89. The maximum Gasteiger partial charge on any atom is 0.343 e. The van der Waals surface area contributed by atoms with Gasteiger partial charge in [0.1, 0.15) is 5.75 Å². The molecule has 0 bridgehead atoms. The van der Waals surface area contributed by atoms with Crippen LogP contribution in [0.1, 0.15) is 28.4 Å². The van der Waals surface area contributed by atoms with Gasteiger partial charge in [-0.3, -0.25) is 4.79 Å². The van der Waals surface area contributed by atoms with E-state index in [0.29, 0.717) is 27.6 Å². The van der Waals surface area contributed by atoms with Crippen molar-refractivity contribution < 1.29 is 23.8 Å². The Morgan fingerprint density at radius 2 is 1.73 bits per heavy atom. The molecule has 0 aromatic heterocycles. The van der Waals surface area contributed by atoms with Gasteiger partial charge in [0, 0.05) is 5.02 Å². The Morgan fingerprint density at radius 1 is 1.00 bits per heavy atom. The van der Waals surface area contributed by atoms with Gasteiger partial charge < -0.3 is 14.2 Å². The largest absolute Gasteiger partial charge is 0.493 e. The Morgan fingerprint density at radius 3 is 2.39 bits per heavy atom. The van der Waals surface area contributed by atoms with Gasteiger partial charge in [0.15, 0.2) is 18.1 Å². The topological polar surface area (TPSA) is 86.2 Å². The molecule has 8 heteroatoms. The highest BCUT2D eigenvalue weighted by molar-refractivity contribution is 6.30. The number of rotatable bonds is 9. The van der Waals surface area contributed by atoms with Crippen molar-refractivity contribution in [1.29, 1.82) is 0 Å². The molecular weight excluding hydrogens is 444 g/mol. The molecule has 0 spiro atoms. The lowest BCUT2D eigenvalue weighted by atomic mass is 10.2. The summed E-state index contributed by atoms with van der Waals surface area (Å²) in [6.45, 7) is 1.91. The van der Waals surface area contributed by atoms with Gasteiger partial charge in [-0.2, -0.15) is 5.10 Å². The molecule has 0 aliphatic carbocycles. The third kappa shape index (κ3) is 7.08. The van der Waals surface area contributed by atoms with Crippen molar-refractivity contribution in [2.75, 3.05) is 13.7 Å². The molecule has 0 unspecified atom stereocenters. The number of hydrogen-bond acceptors (Lipinski definition) is 6. The number of ether oxygens (including phenoxy) is 3. The number of benzene rings is 3. The molecule has 170 valence electrons. The Bertz CT molecular complexity index is 1130. The van der Waals surface area contributed by atoms with Gasteiger partial charge in [-0.1, -0.05) is 30.7 Å². The van der Waals surface area contributed by atoms with E-state index < -0.39 is 11.9 Å². The van der Waals surface area contributed by atoms with Crippen LogP contribution in [0.5, 0.6) is 17.2 Å². The van der Waals surface area contributed by atoms with Crippen LogP contribution in [0.25, 0.3) is 0 Å². The highest BCUT2D eigenvalue weighted by Crippen LogP contribution is 2.28. The first-order chi connectivity index (χ1) is 16.0. The molecule has 0 fully saturated rings. The molecule has 0 aliphatic rings. The van der Waals surface area contributed by atoms with Crippen LogP contribution in [0.15, 0.2) is 71.8 Å². The number of carbonyl (C=O) groups excluding carboxylic acids is 2. The number of methoxy groups -OCH3 is 1. The molecule has 0 atom stereocenters. The zero-order chi connectivity index (χ0) is 23.6. The first kappa shape index (κ1) is 23.8. The molecule has 0 saturated heterocycles. The van der Waals surface area contributed by atoms with E-state index in [1.54, 1.807) is 42.5 Å². The van der Waals surface area contributed by atoms with Crippen molar-refractivity contribution >= 4 is 29.7 Å². The van der Waals surface area contributed by atoms with Crippen LogP contribution in [0.3, 0.4) is 0 Å². The van der Waals surface area contributed by atoms with Gasteiger partial charge in [-0.25, -0.2) is 10.2 Å². The van der Waals surface area contributed by atoms with Gasteiger partial charge in [0.25, 0.3) is 5.91 Å². The van der Waals surface area contributed by atoms with E-state index in [-0.39, 0.29) is 12.4 Å². The van der Waals surface area contributed by atoms with Gasteiger partial charge in [0.2, 0.25) is 0 Å². The number of amides is 1. The van der Waals surface area contributed by atoms with Gasteiger partial charge in [0.05, 0.1) is 18.9 Å². The smallest absolute Gasteiger partial charge is 0.343 e. The number of nitrogens with one attached hydrogen (secondary N) is 1. The number of hydrazone groups is 1. The molecule has 3 rings (SSSR count). The molecular formula is C25H23ClN2O5. The zero-order valence-corrected chi connectivity index (χ0v) is 19.0. The second kappa shape index (κ2) is 11.7. The van der Waals surface area contributed by atoms with Crippen LogP contribution in [0.2, 0.25) is 5.02 Å². The Balaban J connectivity index is 1.54. The Labute approximate surface area is 196 Å². The van der Waals surface area contributed by atoms with Crippen LogP contribution in [-0.2, 0) is 11.2 Å². The molecule has 0 aliphatic heterocycles. The Hall–Kier alpha value is -3.84. The fourth-order valence-electron chi connectivity index (χ4n) is 2.77. The molecule has 33 heavy (non-hydrogen) atoms. The maximum absolute atomic E-state index is 12.3. The minimum atomic E-state index is -0.539. The summed E-state index contributed by atoms with van der Waals surface area (Å²) >= 11 is 5.84. The number of halogens is 1. The highest BCUT2D eigenvalue weighted by atomic mass is 35.5. The first-order valence-corrected chi connectivity index (χ1v) is 10.6. The van der Waals surface area contributed by atoms with E-state index in [1.165, 1.54) is 18.9 Å². The SMILES string of the molecule is CCc1ccc(OCC(=O)N/N=C\c2ccc(OC(=O)c3ccc(Cl)cc3)c(OC)c2)cc1. The van der Waals surface area contributed by atoms with Crippen molar-refractivity contribution in [3.8, 4) is 17.2 Å². The monoisotopic (exact) mass is 466 g/mol.